The summed E-state index contributed by atoms with van der Waals surface area (Å²) in [5.74, 6) is 0. The number of likely N-dealkylation sites (N-methyl/N-ethyl adjacent to an activating group) is 1. The Labute approximate surface area is 80.7 Å². The smallest absolute Gasteiger partial charge is 0.0698 e. The van der Waals surface area contributed by atoms with Gasteiger partial charge in [0.25, 0.3) is 0 Å². The normalized spacial score (nSPS) is 11.1. The predicted molar refractivity (Wildman–Crippen MR) is 53.7 cm³/mol. The minimum Gasteiger partial charge on any atom is -0.394 e. The first-order valence-corrected chi connectivity index (χ1v) is 4.96. The summed E-state index contributed by atoms with van der Waals surface area (Å²) < 4.78 is 5.17. The molecule has 13 heavy (non-hydrogen) atoms. The van der Waals surface area contributed by atoms with Crippen LogP contribution in [0.1, 0.15) is 13.3 Å². The van der Waals surface area contributed by atoms with Crippen LogP contribution in [0.2, 0.25) is 0 Å². The Balaban J connectivity index is 3.25. The number of nitrogens with zero attached hydrogens (tertiary/aromatic N) is 1. The Morgan fingerprint density at radius 2 is 2.08 bits per heavy atom. The molecule has 4 heteroatoms. The van der Waals surface area contributed by atoms with Crippen molar-refractivity contribution >= 4 is 0 Å². The van der Waals surface area contributed by atoms with Crippen molar-refractivity contribution in [3.05, 3.63) is 0 Å². The van der Waals surface area contributed by atoms with Crippen LogP contribution in [0.3, 0.4) is 0 Å². The van der Waals surface area contributed by atoms with Crippen molar-refractivity contribution in [1.29, 1.82) is 0 Å². The second kappa shape index (κ2) is 9.92. The van der Waals surface area contributed by atoms with E-state index in [4.69, 9.17) is 15.6 Å². The zero-order valence-electron chi connectivity index (χ0n) is 8.54. The van der Waals surface area contributed by atoms with Crippen LogP contribution in [-0.4, -0.2) is 56.0 Å². The van der Waals surface area contributed by atoms with Gasteiger partial charge in [0.05, 0.1) is 19.8 Å². The minimum absolute atomic E-state index is 0.106. The van der Waals surface area contributed by atoms with Crippen molar-refractivity contribution in [2.45, 2.75) is 13.3 Å². The molecule has 0 aromatic heterocycles. The van der Waals surface area contributed by atoms with Crippen LogP contribution in [-0.2, 0) is 4.74 Å². The maximum atomic E-state index is 8.47. The van der Waals surface area contributed by atoms with Crippen LogP contribution < -0.4 is 5.73 Å². The first-order chi connectivity index (χ1) is 6.35. The van der Waals surface area contributed by atoms with Gasteiger partial charge in [-0.2, -0.15) is 0 Å². The molecule has 0 bridgehead atoms. The molecule has 0 spiro atoms. The van der Waals surface area contributed by atoms with E-state index >= 15 is 0 Å². The number of nitrogens with two attached hydrogens (primary N) is 1. The predicted octanol–water partition coefficient (Wildman–Crippen LogP) is -0.334. The summed E-state index contributed by atoms with van der Waals surface area (Å²) in [6.45, 7) is 7.10. The minimum atomic E-state index is 0.106. The van der Waals surface area contributed by atoms with Crippen molar-refractivity contribution in [3.63, 3.8) is 0 Å². The summed E-state index contributed by atoms with van der Waals surface area (Å²) in [6.07, 6.45) is 1.04. The quantitative estimate of drug-likeness (QED) is 0.489. The molecule has 0 radical (unpaired) electrons. The molecule has 0 aromatic rings. The highest BCUT2D eigenvalue weighted by Crippen LogP contribution is 1.90. The SMILES string of the molecule is CCN(CCCN)CCOCCO. The van der Waals surface area contributed by atoms with Gasteiger partial charge in [0, 0.05) is 6.54 Å². The molecule has 0 aromatic carbocycles. The number of aliphatic hydroxyl groups excluding tert-OH is 1. The van der Waals surface area contributed by atoms with Crippen molar-refractivity contribution in [3.8, 4) is 0 Å². The highest BCUT2D eigenvalue weighted by Gasteiger charge is 2.00. The van der Waals surface area contributed by atoms with Gasteiger partial charge in [-0.1, -0.05) is 6.92 Å². The molecule has 0 saturated heterocycles. The topological polar surface area (TPSA) is 58.7 Å². The first-order valence-electron chi connectivity index (χ1n) is 4.96. The van der Waals surface area contributed by atoms with Gasteiger partial charge in [0.2, 0.25) is 0 Å². The van der Waals surface area contributed by atoms with E-state index < -0.39 is 0 Å². The van der Waals surface area contributed by atoms with E-state index in [2.05, 4.69) is 11.8 Å². The number of hydrogen-bond donors (Lipinski definition) is 2. The summed E-state index contributed by atoms with van der Waals surface area (Å²) in [5.41, 5.74) is 5.42. The summed E-state index contributed by atoms with van der Waals surface area (Å²) >= 11 is 0. The van der Waals surface area contributed by atoms with E-state index in [0.717, 1.165) is 32.6 Å². The van der Waals surface area contributed by atoms with Gasteiger partial charge in [-0.3, -0.25) is 0 Å². The van der Waals surface area contributed by atoms with Crippen molar-refractivity contribution in [2.24, 2.45) is 5.73 Å². The molecular formula is C9H22N2O2. The highest BCUT2D eigenvalue weighted by molar-refractivity contribution is 4.54. The number of aliphatic hydroxyl groups is 1. The Kier molecular flexibility index (Phi) is 9.80. The molecule has 0 heterocycles. The third-order valence-corrected chi connectivity index (χ3v) is 1.91. The van der Waals surface area contributed by atoms with E-state index in [9.17, 15) is 0 Å². The van der Waals surface area contributed by atoms with E-state index in [1.165, 1.54) is 0 Å². The summed E-state index contributed by atoms with van der Waals surface area (Å²) in [6, 6.07) is 0. The second-order valence-electron chi connectivity index (χ2n) is 2.91. The van der Waals surface area contributed by atoms with Gasteiger partial charge >= 0.3 is 0 Å². The number of rotatable bonds is 9. The zero-order chi connectivity index (χ0) is 9.94. The fraction of sp³-hybridized carbons (Fsp3) is 1.00. The monoisotopic (exact) mass is 190 g/mol. The number of ether oxygens (including phenoxy) is 1. The van der Waals surface area contributed by atoms with Crippen molar-refractivity contribution in [2.75, 3.05) is 46.0 Å². The molecule has 80 valence electrons. The second-order valence-corrected chi connectivity index (χ2v) is 2.91. The molecular weight excluding hydrogens is 168 g/mol. The first kappa shape index (κ1) is 12.8. The van der Waals surface area contributed by atoms with Crippen molar-refractivity contribution < 1.29 is 9.84 Å². The summed E-state index contributed by atoms with van der Waals surface area (Å²) in [5, 5.41) is 8.47. The average molecular weight is 190 g/mol. The van der Waals surface area contributed by atoms with Gasteiger partial charge in [0.15, 0.2) is 0 Å². The fourth-order valence-electron chi connectivity index (χ4n) is 1.10. The summed E-state index contributed by atoms with van der Waals surface area (Å²) in [4.78, 5) is 2.30. The molecule has 0 fully saturated rings. The lowest BCUT2D eigenvalue weighted by atomic mass is 10.4. The average Bonchev–Trinajstić information content (AvgIpc) is 2.17. The Morgan fingerprint density at radius 3 is 2.62 bits per heavy atom. The molecule has 0 amide bonds. The van der Waals surface area contributed by atoms with E-state index in [1.54, 1.807) is 0 Å². The Morgan fingerprint density at radius 1 is 1.31 bits per heavy atom. The van der Waals surface area contributed by atoms with E-state index in [0.29, 0.717) is 13.2 Å². The van der Waals surface area contributed by atoms with Crippen LogP contribution in [0.15, 0.2) is 0 Å². The lowest BCUT2D eigenvalue weighted by Gasteiger charge is -2.19. The van der Waals surface area contributed by atoms with Crippen LogP contribution in [0.4, 0.5) is 0 Å². The van der Waals surface area contributed by atoms with E-state index in [1.807, 2.05) is 0 Å². The van der Waals surface area contributed by atoms with Gasteiger partial charge in [-0.25, -0.2) is 0 Å². The molecule has 4 nitrogen and oxygen atoms in total. The molecule has 0 unspecified atom stereocenters. The van der Waals surface area contributed by atoms with Crippen molar-refractivity contribution in [1.82, 2.24) is 4.90 Å². The van der Waals surface area contributed by atoms with Crippen LogP contribution in [0, 0.1) is 0 Å². The Bertz CT molecular complexity index is 102. The molecule has 0 rings (SSSR count). The van der Waals surface area contributed by atoms with Gasteiger partial charge in [-0.15, -0.1) is 0 Å². The lowest BCUT2D eigenvalue weighted by Crippen LogP contribution is -2.29. The molecule has 0 aliphatic heterocycles. The fourth-order valence-corrected chi connectivity index (χ4v) is 1.10. The van der Waals surface area contributed by atoms with Gasteiger partial charge < -0.3 is 20.5 Å². The largest absolute Gasteiger partial charge is 0.394 e. The third-order valence-electron chi connectivity index (χ3n) is 1.91. The molecule has 0 aliphatic carbocycles. The lowest BCUT2D eigenvalue weighted by molar-refractivity contribution is 0.0745. The molecule has 3 N–H and O–H groups in total. The maximum absolute atomic E-state index is 8.47. The van der Waals surface area contributed by atoms with Crippen LogP contribution in [0.25, 0.3) is 0 Å². The van der Waals surface area contributed by atoms with Crippen LogP contribution >= 0.6 is 0 Å². The molecule has 0 atom stereocenters. The third kappa shape index (κ3) is 8.18. The highest BCUT2D eigenvalue weighted by atomic mass is 16.5. The van der Waals surface area contributed by atoms with Gasteiger partial charge in [-0.05, 0) is 26.1 Å². The zero-order valence-corrected chi connectivity index (χ0v) is 8.54. The van der Waals surface area contributed by atoms with Gasteiger partial charge in [0.1, 0.15) is 0 Å². The van der Waals surface area contributed by atoms with E-state index in [-0.39, 0.29) is 6.61 Å². The summed E-state index contributed by atoms with van der Waals surface area (Å²) in [7, 11) is 0. The standard InChI is InChI=1S/C9H22N2O2/c1-2-11(5-3-4-10)6-8-13-9-7-12/h12H,2-10H2,1H3. The maximum Gasteiger partial charge on any atom is 0.0698 e. The van der Waals surface area contributed by atoms with Crippen LogP contribution in [0.5, 0.6) is 0 Å². The Hall–Kier alpha value is -0.160. The number of hydrogen-bond acceptors (Lipinski definition) is 4. The molecule has 0 saturated carbocycles. The molecule has 0 aliphatic rings.